The average Bonchev–Trinajstić information content (AvgIpc) is 2.94. The Bertz CT molecular complexity index is 782. The normalized spacial score (nSPS) is 16.8. The van der Waals surface area contributed by atoms with Crippen molar-refractivity contribution in [1.29, 1.82) is 0 Å². The second-order valence-electron chi connectivity index (χ2n) is 5.29. The minimum Gasteiger partial charge on any atom is -0.442 e. The summed E-state index contributed by atoms with van der Waals surface area (Å²) in [4.78, 5) is 25.1. The van der Waals surface area contributed by atoms with Gasteiger partial charge in [0.2, 0.25) is 0 Å². The van der Waals surface area contributed by atoms with Crippen LogP contribution in [0.3, 0.4) is 0 Å². The van der Waals surface area contributed by atoms with Gasteiger partial charge in [0, 0.05) is 0 Å². The van der Waals surface area contributed by atoms with Crippen LogP contribution in [0.4, 0.5) is 19.3 Å². The van der Waals surface area contributed by atoms with E-state index in [9.17, 15) is 18.4 Å². The molecule has 0 saturated carbocycles. The van der Waals surface area contributed by atoms with Crippen LogP contribution < -0.4 is 10.2 Å². The van der Waals surface area contributed by atoms with Crippen molar-refractivity contribution in [1.82, 2.24) is 5.32 Å². The van der Waals surface area contributed by atoms with E-state index >= 15 is 0 Å². The van der Waals surface area contributed by atoms with Crippen LogP contribution in [0.2, 0.25) is 0 Å². The van der Waals surface area contributed by atoms with Crippen molar-refractivity contribution < 1.29 is 23.1 Å². The first-order valence-electron chi connectivity index (χ1n) is 7.31. The Hall–Kier alpha value is -2.96. The molecule has 2 aromatic carbocycles. The number of hydrogen-bond acceptors (Lipinski definition) is 3. The number of hydrogen-bond donors (Lipinski definition) is 1. The predicted octanol–water partition coefficient (Wildman–Crippen LogP) is 2.72. The zero-order chi connectivity index (χ0) is 17.1. The lowest BCUT2D eigenvalue weighted by atomic mass is 10.2. The predicted molar refractivity (Wildman–Crippen MR) is 82.7 cm³/mol. The van der Waals surface area contributed by atoms with E-state index in [-0.39, 0.29) is 18.7 Å². The number of anilines is 1. The molecular formula is C17H14F2N2O3. The maximum absolute atomic E-state index is 13.5. The third-order valence-corrected chi connectivity index (χ3v) is 3.60. The molecule has 5 nitrogen and oxygen atoms in total. The summed E-state index contributed by atoms with van der Waals surface area (Å²) in [5.41, 5.74) is 0.298. The molecule has 0 aromatic heterocycles. The van der Waals surface area contributed by atoms with Crippen molar-refractivity contribution in [3.05, 3.63) is 65.7 Å². The number of carbonyl (C=O) groups excluding carboxylic acids is 2. The summed E-state index contributed by atoms with van der Waals surface area (Å²) in [6.45, 7) is 0.199. The van der Waals surface area contributed by atoms with Gasteiger partial charge in [-0.25, -0.2) is 13.6 Å². The lowest BCUT2D eigenvalue weighted by molar-refractivity contribution is 0.0912. The van der Waals surface area contributed by atoms with Gasteiger partial charge in [-0.05, 0) is 30.3 Å². The molecule has 1 aliphatic heterocycles. The van der Waals surface area contributed by atoms with Crippen LogP contribution in [0, 0.1) is 11.6 Å². The number of rotatable bonds is 4. The highest BCUT2D eigenvalue weighted by Crippen LogP contribution is 2.22. The van der Waals surface area contributed by atoms with E-state index < -0.39 is 29.7 Å². The van der Waals surface area contributed by atoms with Gasteiger partial charge in [0.25, 0.3) is 5.91 Å². The third kappa shape index (κ3) is 3.34. The molecule has 0 aliphatic carbocycles. The number of carbonyl (C=O) groups is 2. The van der Waals surface area contributed by atoms with Crippen molar-refractivity contribution in [2.24, 2.45) is 0 Å². The molecule has 1 unspecified atom stereocenters. The van der Waals surface area contributed by atoms with E-state index in [0.717, 1.165) is 0 Å². The topological polar surface area (TPSA) is 58.6 Å². The lowest BCUT2D eigenvalue weighted by Gasteiger charge is -2.13. The third-order valence-electron chi connectivity index (χ3n) is 3.60. The number of benzene rings is 2. The molecule has 1 aliphatic rings. The Morgan fingerprint density at radius 2 is 2.00 bits per heavy atom. The monoisotopic (exact) mass is 332 g/mol. The fraction of sp³-hybridized carbons (Fsp3) is 0.176. The molecular weight excluding hydrogens is 318 g/mol. The Morgan fingerprint density at radius 1 is 1.21 bits per heavy atom. The highest BCUT2D eigenvalue weighted by molar-refractivity contribution is 5.94. The number of halogens is 2. The Kier molecular flexibility index (Phi) is 4.41. The van der Waals surface area contributed by atoms with Gasteiger partial charge < -0.3 is 10.1 Å². The highest BCUT2D eigenvalue weighted by Gasteiger charge is 2.32. The summed E-state index contributed by atoms with van der Waals surface area (Å²) in [5, 5.41) is 2.53. The van der Waals surface area contributed by atoms with Crippen LogP contribution >= 0.6 is 0 Å². The molecule has 3 rings (SSSR count). The number of nitrogens with zero attached hydrogens (tertiary/aromatic N) is 1. The van der Waals surface area contributed by atoms with Gasteiger partial charge in [-0.1, -0.05) is 18.2 Å². The summed E-state index contributed by atoms with van der Waals surface area (Å²) in [7, 11) is 0. The molecule has 1 N–H and O–H groups in total. The molecule has 24 heavy (non-hydrogen) atoms. The van der Waals surface area contributed by atoms with E-state index in [1.54, 1.807) is 12.1 Å². The van der Waals surface area contributed by atoms with Gasteiger partial charge in [0.05, 0.1) is 24.3 Å². The molecule has 0 bridgehead atoms. The molecule has 7 heteroatoms. The molecule has 1 heterocycles. The average molecular weight is 332 g/mol. The first-order valence-corrected chi connectivity index (χ1v) is 7.31. The largest absolute Gasteiger partial charge is 0.442 e. The first-order chi connectivity index (χ1) is 11.5. The molecule has 0 spiro atoms. The summed E-state index contributed by atoms with van der Waals surface area (Å²) in [6, 6.07) is 11.2. The van der Waals surface area contributed by atoms with Crippen LogP contribution in [-0.4, -0.2) is 31.2 Å². The summed E-state index contributed by atoms with van der Waals surface area (Å²) in [5.74, 6) is -1.68. The second kappa shape index (κ2) is 6.66. The van der Waals surface area contributed by atoms with E-state index in [2.05, 4.69) is 5.32 Å². The molecule has 0 radical (unpaired) electrons. The van der Waals surface area contributed by atoms with Crippen LogP contribution in [0.15, 0.2) is 48.5 Å². The van der Waals surface area contributed by atoms with Gasteiger partial charge >= 0.3 is 6.09 Å². The van der Waals surface area contributed by atoms with E-state index in [1.165, 1.54) is 41.3 Å². The van der Waals surface area contributed by atoms with Crippen LogP contribution in [-0.2, 0) is 4.74 Å². The second-order valence-corrected chi connectivity index (χ2v) is 5.29. The van der Waals surface area contributed by atoms with Crippen LogP contribution in [0.1, 0.15) is 10.4 Å². The number of nitrogens with one attached hydrogen (secondary N) is 1. The van der Waals surface area contributed by atoms with E-state index in [0.29, 0.717) is 5.69 Å². The fourth-order valence-corrected chi connectivity index (χ4v) is 2.43. The van der Waals surface area contributed by atoms with Crippen molar-refractivity contribution >= 4 is 17.7 Å². The number of cyclic esters (lactones) is 1. The minimum absolute atomic E-state index is 0.0325. The zero-order valence-corrected chi connectivity index (χ0v) is 12.5. The van der Waals surface area contributed by atoms with Crippen LogP contribution in [0.25, 0.3) is 0 Å². The molecule has 1 fully saturated rings. The number of ether oxygens (including phenoxy) is 1. The Balaban J connectivity index is 1.61. The summed E-state index contributed by atoms with van der Waals surface area (Å²) >= 11 is 0. The quantitative estimate of drug-likeness (QED) is 0.936. The number of amides is 2. The van der Waals surface area contributed by atoms with E-state index in [4.69, 9.17) is 4.74 Å². The molecule has 1 saturated heterocycles. The maximum atomic E-state index is 13.5. The Morgan fingerprint density at radius 3 is 2.75 bits per heavy atom. The standard InChI is InChI=1S/C17H14F2N2O3/c18-11-4-3-5-12(8-11)21-10-13(24-17(21)23)9-20-16(22)14-6-1-2-7-15(14)19/h1-8,13H,9-10H2,(H,20,22). The van der Waals surface area contributed by atoms with Crippen molar-refractivity contribution in [2.45, 2.75) is 6.10 Å². The molecule has 1 atom stereocenters. The Labute approximate surface area is 136 Å². The molecule has 124 valence electrons. The van der Waals surface area contributed by atoms with Crippen molar-refractivity contribution in [2.75, 3.05) is 18.0 Å². The van der Waals surface area contributed by atoms with Crippen molar-refractivity contribution in [3.8, 4) is 0 Å². The molecule has 2 aromatic rings. The van der Waals surface area contributed by atoms with Crippen LogP contribution in [0.5, 0.6) is 0 Å². The fourth-order valence-electron chi connectivity index (χ4n) is 2.43. The molecule has 2 amide bonds. The lowest BCUT2D eigenvalue weighted by Crippen LogP contribution is -2.35. The smallest absolute Gasteiger partial charge is 0.414 e. The summed E-state index contributed by atoms with van der Waals surface area (Å²) < 4.78 is 31.9. The van der Waals surface area contributed by atoms with Gasteiger partial charge in [-0.3, -0.25) is 9.69 Å². The van der Waals surface area contributed by atoms with Crippen molar-refractivity contribution in [3.63, 3.8) is 0 Å². The SMILES string of the molecule is O=C(NCC1CN(c2cccc(F)c2)C(=O)O1)c1ccccc1F. The zero-order valence-electron chi connectivity index (χ0n) is 12.5. The van der Waals surface area contributed by atoms with Gasteiger partial charge in [0.1, 0.15) is 17.7 Å². The van der Waals surface area contributed by atoms with E-state index in [1.807, 2.05) is 0 Å². The van der Waals surface area contributed by atoms with Gasteiger partial charge in [-0.2, -0.15) is 0 Å². The first kappa shape index (κ1) is 15.9. The maximum Gasteiger partial charge on any atom is 0.414 e. The van der Waals surface area contributed by atoms with Gasteiger partial charge in [0.15, 0.2) is 0 Å². The minimum atomic E-state index is -0.625. The highest BCUT2D eigenvalue weighted by atomic mass is 19.1. The summed E-state index contributed by atoms with van der Waals surface area (Å²) in [6.07, 6.45) is -1.22. The van der Waals surface area contributed by atoms with Gasteiger partial charge in [-0.15, -0.1) is 0 Å².